The van der Waals surface area contributed by atoms with Crippen LogP contribution < -0.4 is 5.32 Å². The maximum Gasteiger partial charge on any atom is 0.123 e. The number of benzene rings is 2. The van der Waals surface area contributed by atoms with Crippen LogP contribution in [0.15, 0.2) is 48.7 Å². The van der Waals surface area contributed by atoms with Crippen LogP contribution in [0.5, 0.6) is 5.75 Å². The van der Waals surface area contributed by atoms with Crippen LogP contribution in [0.3, 0.4) is 0 Å². The molecule has 21 heavy (non-hydrogen) atoms. The average Bonchev–Trinajstić information content (AvgIpc) is 2.48. The van der Waals surface area contributed by atoms with Gasteiger partial charge in [-0.05, 0) is 30.7 Å². The molecule has 3 rings (SSSR count). The van der Waals surface area contributed by atoms with E-state index in [4.69, 9.17) is 11.6 Å². The van der Waals surface area contributed by atoms with Crippen molar-refractivity contribution in [2.24, 2.45) is 0 Å². The van der Waals surface area contributed by atoms with Gasteiger partial charge in [0.1, 0.15) is 5.75 Å². The summed E-state index contributed by atoms with van der Waals surface area (Å²) in [6.07, 6.45) is 1.76. The zero-order valence-corrected chi connectivity index (χ0v) is 12.4. The number of phenolic OH excluding ortho intramolecular Hbond substituents is 1. The van der Waals surface area contributed by atoms with Gasteiger partial charge in [-0.3, -0.25) is 4.98 Å². The van der Waals surface area contributed by atoms with Crippen molar-refractivity contribution >= 4 is 28.2 Å². The molecule has 0 bridgehead atoms. The molecule has 3 nitrogen and oxygen atoms in total. The summed E-state index contributed by atoms with van der Waals surface area (Å²) in [4.78, 5) is 4.39. The van der Waals surface area contributed by atoms with Gasteiger partial charge in [-0.2, -0.15) is 0 Å². The minimum Gasteiger partial charge on any atom is -0.507 e. The fraction of sp³-hybridized carbons (Fsp3) is 0.118. The van der Waals surface area contributed by atoms with Gasteiger partial charge in [0.05, 0.1) is 11.2 Å². The predicted molar refractivity (Wildman–Crippen MR) is 86.9 cm³/mol. The molecule has 0 aliphatic rings. The van der Waals surface area contributed by atoms with Crippen molar-refractivity contribution in [1.82, 2.24) is 4.98 Å². The number of nitrogens with one attached hydrogen (secondary N) is 1. The summed E-state index contributed by atoms with van der Waals surface area (Å²) in [5.41, 5.74) is 3.44. The molecule has 1 heterocycles. The third-order valence-corrected chi connectivity index (χ3v) is 3.68. The van der Waals surface area contributed by atoms with E-state index in [1.54, 1.807) is 6.20 Å². The molecule has 0 amide bonds. The monoisotopic (exact) mass is 298 g/mol. The summed E-state index contributed by atoms with van der Waals surface area (Å²) in [7, 11) is 0. The molecular formula is C17H15ClN2O. The van der Waals surface area contributed by atoms with Gasteiger partial charge >= 0.3 is 0 Å². The Morgan fingerprint density at radius 1 is 1.19 bits per heavy atom. The van der Waals surface area contributed by atoms with E-state index in [1.807, 2.05) is 49.4 Å². The number of halogens is 1. The van der Waals surface area contributed by atoms with Gasteiger partial charge in [0, 0.05) is 28.7 Å². The average molecular weight is 299 g/mol. The lowest BCUT2D eigenvalue weighted by molar-refractivity contribution is 0.465. The van der Waals surface area contributed by atoms with E-state index in [1.165, 1.54) is 0 Å². The number of aromatic nitrogens is 1. The highest BCUT2D eigenvalue weighted by Gasteiger charge is 2.07. The van der Waals surface area contributed by atoms with Crippen molar-refractivity contribution in [2.45, 2.75) is 13.5 Å². The second kappa shape index (κ2) is 5.62. The predicted octanol–water partition coefficient (Wildman–Crippen LogP) is 4.51. The van der Waals surface area contributed by atoms with Gasteiger partial charge < -0.3 is 10.4 Å². The Balaban J connectivity index is 1.93. The number of phenols is 1. The number of fused-ring (bicyclic) bond motifs is 1. The Kier molecular flexibility index (Phi) is 3.67. The van der Waals surface area contributed by atoms with Gasteiger partial charge in [-0.25, -0.2) is 0 Å². The zero-order chi connectivity index (χ0) is 14.8. The van der Waals surface area contributed by atoms with Gasteiger partial charge in [0.25, 0.3) is 0 Å². The first kappa shape index (κ1) is 13.7. The molecular weight excluding hydrogens is 284 g/mol. The molecule has 4 heteroatoms. The van der Waals surface area contributed by atoms with Crippen molar-refractivity contribution < 1.29 is 5.11 Å². The molecule has 0 fully saturated rings. The van der Waals surface area contributed by atoms with Crippen LogP contribution in [-0.2, 0) is 6.54 Å². The Bertz CT molecular complexity index is 802. The zero-order valence-electron chi connectivity index (χ0n) is 11.6. The van der Waals surface area contributed by atoms with Crippen LogP contribution in [0.4, 0.5) is 5.69 Å². The summed E-state index contributed by atoms with van der Waals surface area (Å²) < 4.78 is 0. The lowest BCUT2D eigenvalue weighted by Gasteiger charge is -2.12. The maximum absolute atomic E-state index is 10.1. The molecule has 0 saturated carbocycles. The summed E-state index contributed by atoms with van der Waals surface area (Å²) in [6.45, 7) is 2.40. The molecule has 0 aliphatic carbocycles. The van der Waals surface area contributed by atoms with Gasteiger partial charge in [-0.1, -0.05) is 35.9 Å². The lowest BCUT2D eigenvalue weighted by atomic mass is 10.1. The second-order valence-electron chi connectivity index (χ2n) is 4.96. The van der Waals surface area contributed by atoms with Gasteiger partial charge in [0.15, 0.2) is 0 Å². The highest BCUT2D eigenvalue weighted by atomic mass is 35.5. The Morgan fingerprint density at radius 2 is 2.05 bits per heavy atom. The summed E-state index contributed by atoms with van der Waals surface area (Å²) in [5.74, 6) is 0.323. The molecule has 3 aromatic rings. The number of pyridine rings is 1. The molecule has 0 saturated heterocycles. The molecule has 0 unspecified atom stereocenters. The summed E-state index contributed by atoms with van der Waals surface area (Å²) in [6, 6.07) is 13.3. The van der Waals surface area contributed by atoms with E-state index in [0.717, 1.165) is 27.7 Å². The minimum atomic E-state index is 0.323. The highest BCUT2D eigenvalue weighted by molar-refractivity contribution is 6.31. The van der Waals surface area contributed by atoms with E-state index in [-0.39, 0.29) is 0 Å². The smallest absolute Gasteiger partial charge is 0.123 e. The van der Waals surface area contributed by atoms with E-state index in [0.29, 0.717) is 17.3 Å². The Morgan fingerprint density at radius 3 is 2.90 bits per heavy atom. The first-order chi connectivity index (χ1) is 10.1. The molecule has 0 aliphatic heterocycles. The van der Waals surface area contributed by atoms with Crippen LogP contribution >= 0.6 is 11.6 Å². The van der Waals surface area contributed by atoms with Crippen LogP contribution in [0.25, 0.3) is 10.9 Å². The molecule has 0 atom stereocenters. The van der Waals surface area contributed by atoms with E-state index in [2.05, 4.69) is 10.3 Å². The number of para-hydroxylation sites is 1. The first-order valence-corrected chi connectivity index (χ1v) is 7.08. The number of aromatic hydroxyl groups is 1. The van der Waals surface area contributed by atoms with Gasteiger partial charge in [0.2, 0.25) is 0 Å². The largest absolute Gasteiger partial charge is 0.507 e. The van der Waals surface area contributed by atoms with E-state index >= 15 is 0 Å². The molecule has 1 aromatic heterocycles. The third kappa shape index (κ3) is 2.78. The number of aryl methyl sites for hydroxylation is 1. The highest BCUT2D eigenvalue weighted by Crippen LogP contribution is 2.28. The van der Waals surface area contributed by atoms with Crippen LogP contribution in [0.2, 0.25) is 5.02 Å². The lowest BCUT2D eigenvalue weighted by Crippen LogP contribution is -2.01. The third-order valence-electron chi connectivity index (χ3n) is 3.46. The van der Waals surface area contributed by atoms with Gasteiger partial charge in [-0.15, -0.1) is 0 Å². The maximum atomic E-state index is 10.1. The fourth-order valence-electron chi connectivity index (χ4n) is 2.34. The van der Waals surface area contributed by atoms with Crippen LogP contribution in [-0.4, -0.2) is 10.1 Å². The number of anilines is 1. The topological polar surface area (TPSA) is 45.2 Å². The van der Waals surface area contributed by atoms with Crippen molar-refractivity contribution in [1.29, 1.82) is 0 Å². The standard InChI is InChI=1S/C17H15ClN2O/c1-11-4-2-5-13(17(11)21)10-20-15-9-14(18)8-12-6-3-7-19-16(12)15/h2-9,20-21H,10H2,1H3. The quantitative estimate of drug-likeness (QED) is 0.747. The minimum absolute atomic E-state index is 0.323. The molecule has 106 valence electrons. The number of hydrogen-bond acceptors (Lipinski definition) is 3. The van der Waals surface area contributed by atoms with Crippen LogP contribution in [0.1, 0.15) is 11.1 Å². The van der Waals surface area contributed by atoms with Crippen molar-refractivity contribution in [3.05, 3.63) is 64.8 Å². The molecule has 0 radical (unpaired) electrons. The molecule has 0 spiro atoms. The number of hydrogen-bond donors (Lipinski definition) is 2. The second-order valence-corrected chi connectivity index (χ2v) is 5.40. The summed E-state index contributed by atoms with van der Waals surface area (Å²) >= 11 is 6.14. The molecule has 2 aromatic carbocycles. The first-order valence-electron chi connectivity index (χ1n) is 6.71. The number of nitrogens with zero attached hydrogens (tertiary/aromatic N) is 1. The normalized spacial score (nSPS) is 10.8. The van der Waals surface area contributed by atoms with Crippen LogP contribution in [0, 0.1) is 6.92 Å². The molecule has 2 N–H and O–H groups in total. The van der Waals surface area contributed by atoms with Crippen molar-refractivity contribution in [2.75, 3.05) is 5.32 Å². The van der Waals surface area contributed by atoms with Crippen molar-refractivity contribution in [3.8, 4) is 5.75 Å². The Hall–Kier alpha value is -2.26. The van der Waals surface area contributed by atoms with Crippen molar-refractivity contribution in [3.63, 3.8) is 0 Å². The summed E-state index contributed by atoms with van der Waals surface area (Å²) in [5, 5.41) is 15.0. The fourth-order valence-corrected chi connectivity index (χ4v) is 2.57. The number of rotatable bonds is 3. The van der Waals surface area contributed by atoms with E-state index in [9.17, 15) is 5.11 Å². The van der Waals surface area contributed by atoms with E-state index < -0.39 is 0 Å². The SMILES string of the molecule is Cc1cccc(CNc2cc(Cl)cc3cccnc23)c1O. The Labute approximate surface area is 128 Å².